The number of anilines is 2. The summed E-state index contributed by atoms with van der Waals surface area (Å²) in [6.45, 7) is 11.3. The minimum Gasteiger partial charge on any atom is -0.379 e. The number of H-pyrrole nitrogens is 1. The molecular formula is C29H35N7O2. The van der Waals surface area contributed by atoms with Crippen LogP contribution in [0.1, 0.15) is 54.4 Å². The molecule has 2 N–H and O–H groups in total. The Bertz CT molecular complexity index is 1470. The highest BCUT2D eigenvalue weighted by molar-refractivity contribution is 6.06. The maximum absolute atomic E-state index is 13.9. The molecule has 2 aromatic heterocycles. The predicted octanol–water partition coefficient (Wildman–Crippen LogP) is 4.62. The number of piperidine rings is 1. The number of fused-ring (bicyclic) bond motifs is 2. The molecule has 2 aliphatic rings. The Morgan fingerprint density at radius 2 is 1.87 bits per heavy atom. The molecule has 2 fully saturated rings. The maximum atomic E-state index is 13.9. The number of aryl methyl sites for hydroxylation is 1. The summed E-state index contributed by atoms with van der Waals surface area (Å²) >= 11 is 0. The van der Waals surface area contributed by atoms with E-state index in [-0.39, 0.29) is 11.8 Å². The Morgan fingerprint density at radius 1 is 1.08 bits per heavy atom. The fraction of sp³-hybridized carbons (Fsp3) is 0.448. The van der Waals surface area contributed by atoms with Gasteiger partial charge in [0.1, 0.15) is 11.3 Å². The van der Waals surface area contributed by atoms with Crippen molar-refractivity contribution in [3.63, 3.8) is 0 Å². The van der Waals surface area contributed by atoms with Crippen molar-refractivity contribution in [3.05, 3.63) is 53.5 Å². The molecular weight excluding hydrogens is 478 g/mol. The molecule has 9 nitrogen and oxygen atoms in total. The number of ether oxygens (including phenoxy) is 1. The van der Waals surface area contributed by atoms with Gasteiger partial charge in [0.05, 0.1) is 29.8 Å². The number of rotatable bonds is 5. The Hall–Kier alpha value is -3.56. The predicted molar refractivity (Wildman–Crippen MR) is 149 cm³/mol. The van der Waals surface area contributed by atoms with Gasteiger partial charge in [-0.1, -0.05) is 32.0 Å². The molecule has 6 rings (SSSR count). The number of aromatic nitrogens is 4. The van der Waals surface area contributed by atoms with Gasteiger partial charge in [0.25, 0.3) is 5.91 Å². The van der Waals surface area contributed by atoms with Crippen LogP contribution in [0.5, 0.6) is 0 Å². The highest BCUT2D eigenvalue weighted by atomic mass is 16.5. The molecule has 2 aliphatic heterocycles. The zero-order chi connectivity index (χ0) is 26.2. The van der Waals surface area contributed by atoms with E-state index in [1.165, 1.54) is 0 Å². The van der Waals surface area contributed by atoms with Gasteiger partial charge < -0.3 is 19.9 Å². The van der Waals surface area contributed by atoms with Crippen molar-refractivity contribution in [3.8, 4) is 0 Å². The monoisotopic (exact) mass is 513 g/mol. The fourth-order valence-corrected chi connectivity index (χ4v) is 5.59. The smallest absolute Gasteiger partial charge is 0.256 e. The number of amides is 1. The number of hydrogen-bond acceptors (Lipinski definition) is 7. The molecule has 0 aliphatic carbocycles. The molecule has 0 bridgehead atoms. The van der Waals surface area contributed by atoms with Crippen LogP contribution in [0.2, 0.25) is 0 Å². The van der Waals surface area contributed by atoms with Gasteiger partial charge in [-0.05, 0) is 37.5 Å². The van der Waals surface area contributed by atoms with Crippen LogP contribution in [0.3, 0.4) is 0 Å². The molecule has 4 heterocycles. The summed E-state index contributed by atoms with van der Waals surface area (Å²) in [5, 5.41) is 4.34. The molecule has 0 radical (unpaired) electrons. The topological polar surface area (TPSA) is 99.3 Å². The first kappa shape index (κ1) is 24.8. The standard InChI is InChI=1S/C29H35N7O2/c1-18(2)27-32-24-16-21(31-29-30-17-20-6-4-5-19(3)25(20)34-29)15-23(26(24)33-27)28(37)36-9-7-22(8-10-36)35-11-13-38-14-12-35/h4-6,15-18,22H,7-14H2,1-3H3,(H,32,33)(H,30,31,34). The largest absolute Gasteiger partial charge is 0.379 e. The SMILES string of the molecule is Cc1cccc2cnc(Nc3cc(C(=O)N4CCC(N5CCOCC5)CC4)c4nc(C(C)C)[nH]c4c3)nc12. The second kappa shape index (κ2) is 10.3. The molecule has 0 atom stereocenters. The molecule has 1 amide bonds. The number of carbonyl (C=O) groups is 1. The Kier molecular flexibility index (Phi) is 6.71. The number of aromatic amines is 1. The number of nitrogens with zero attached hydrogens (tertiary/aromatic N) is 5. The van der Waals surface area contributed by atoms with E-state index >= 15 is 0 Å². The summed E-state index contributed by atoms with van der Waals surface area (Å²) in [7, 11) is 0. The van der Waals surface area contributed by atoms with E-state index in [0.29, 0.717) is 17.6 Å². The molecule has 0 unspecified atom stereocenters. The Labute approximate surface area is 222 Å². The molecule has 4 aromatic rings. The number of morpholine rings is 1. The van der Waals surface area contributed by atoms with E-state index in [2.05, 4.69) is 34.0 Å². The van der Waals surface area contributed by atoms with E-state index in [1.807, 2.05) is 48.4 Å². The summed E-state index contributed by atoms with van der Waals surface area (Å²) in [6.07, 6.45) is 3.79. The normalized spacial score (nSPS) is 17.5. The number of para-hydroxylation sites is 1. The third kappa shape index (κ3) is 4.83. The van der Waals surface area contributed by atoms with Crippen molar-refractivity contribution in [1.82, 2.24) is 29.7 Å². The van der Waals surface area contributed by atoms with Crippen molar-refractivity contribution in [2.45, 2.75) is 45.6 Å². The minimum absolute atomic E-state index is 0.0242. The fourth-order valence-electron chi connectivity index (χ4n) is 5.59. The average molecular weight is 514 g/mol. The minimum atomic E-state index is 0.0242. The van der Waals surface area contributed by atoms with E-state index in [1.54, 1.807) is 0 Å². The molecule has 198 valence electrons. The number of likely N-dealkylation sites (tertiary alicyclic amines) is 1. The summed E-state index contributed by atoms with van der Waals surface area (Å²) in [5.41, 5.74) is 4.92. The van der Waals surface area contributed by atoms with Crippen LogP contribution in [-0.2, 0) is 4.74 Å². The first-order valence-corrected chi connectivity index (χ1v) is 13.6. The Morgan fingerprint density at radius 3 is 2.63 bits per heavy atom. The van der Waals surface area contributed by atoms with Crippen molar-refractivity contribution < 1.29 is 9.53 Å². The van der Waals surface area contributed by atoms with E-state index in [9.17, 15) is 4.79 Å². The van der Waals surface area contributed by atoms with Crippen LogP contribution < -0.4 is 5.32 Å². The lowest BCUT2D eigenvalue weighted by Gasteiger charge is -2.40. The second-order valence-electron chi connectivity index (χ2n) is 10.7. The lowest BCUT2D eigenvalue weighted by atomic mass is 10.0. The lowest BCUT2D eigenvalue weighted by molar-refractivity contribution is 0.00161. The molecule has 0 saturated carbocycles. The first-order chi connectivity index (χ1) is 18.5. The average Bonchev–Trinajstić information content (AvgIpc) is 3.38. The quantitative estimate of drug-likeness (QED) is 0.402. The van der Waals surface area contributed by atoms with Crippen LogP contribution in [0, 0.1) is 6.92 Å². The van der Waals surface area contributed by atoms with Gasteiger partial charge in [-0.25, -0.2) is 15.0 Å². The number of imidazole rings is 1. The zero-order valence-corrected chi connectivity index (χ0v) is 22.3. The highest BCUT2D eigenvalue weighted by Gasteiger charge is 2.29. The maximum Gasteiger partial charge on any atom is 0.256 e. The van der Waals surface area contributed by atoms with Crippen LogP contribution in [-0.4, -0.2) is 81.1 Å². The zero-order valence-electron chi connectivity index (χ0n) is 22.3. The summed E-state index contributed by atoms with van der Waals surface area (Å²) in [5.74, 6) is 1.61. The van der Waals surface area contributed by atoms with Gasteiger partial charge in [0.2, 0.25) is 5.95 Å². The highest BCUT2D eigenvalue weighted by Crippen LogP contribution is 2.29. The van der Waals surface area contributed by atoms with Crippen LogP contribution >= 0.6 is 0 Å². The summed E-state index contributed by atoms with van der Waals surface area (Å²) < 4.78 is 5.52. The first-order valence-electron chi connectivity index (χ1n) is 13.6. The van der Waals surface area contributed by atoms with Gasteiger partial charge in [-0.2, -0.15) is 0 Å². The van der Waals surface area contributed by atoms with Gasteiger partial charge >= 0.3 is 0 Å². The molecule has 0 spiro atoms. The lowest BCUT2D eigenvalue weighted by Crippen LogP contribution is -2.50. The number of hydrogen-bond donors (Lipinski definition) is 2. The van der Waals surface area contributed by atoms with Crippen LogP contribution in [0.15, 0.2) is 36.5 Å². The third-order valence-electron chi connectivity index (χ3n) is 7.76. The molecule has 2 aromatic carbocycles. The molecule has 2 saturated heterocycles. The number of nitrogens with one attached hydrogen (secondary N) is 2. The van der Waals surface area contributed by atoms with Crippen molar-refractivity contribution >= 4 is 39.5 Å². The number of benzene rings is 2. The van der Waals surface area contributed by atoms with E-state index < -0.39 is 0 Å². The van der Waals surface area contributed by atoms with Gasteiger partial charge in [0, 0.05) is 55.4 Å². The third-order valence-corrected chi connectivity index (χ3v) is 7.76. The van der Waals surface area contributed by atoms with Gasteiger partial charge in [0.15, 0.2) is 0 Å². The Balaban J connectivity index is 1.29. The van der Waals surface area contributed by atoms with Gasteiger partial charge in [-0.15, -0.1) is 0 Å². The summed E-state index contributed by atoms with van der Waals surface area (Å²) in [4.78, 5) is 35.9. The second-order valence-corrected chi connectivity index (χ2v) is 10.7. The molecule has 38 heavy (non-hydrogen) atoms. The van der Waals surface area contributed by atoms with E-state index in [4.69, 9.17) is 14.7 Å². The summed E-state index contributed by atoms with van der Waals surface area (Å²) in [6, 6.07) is 10.5. The van der Waals surface area contributed by atoms with Crippen molar-refractivity contribution in [1.29, 1.82) is 0 Å². The van der Waals surface area contributed by atoms with Crippen LogP contribution in [0.4, 0.5) is 11.6 Å². The van der Waals surface area contributed by atoms with Crippen molar-refractivity contribution in [2.24, 2.45) is 0 Å². The number of carbonyl (C=O) groups excluding carboxylic acids is 1. The van der Waals surface area contributed by atoms with E-state index in [0.717, 1.165) is 91.2 Å². The molecule has 9 heteroatoms. The van der Waals surface area contributed by atoms with Gasteiger partial charge in [-0.3, -0.25) is 9.69 Å². The van der Waals surface area contributed by atoms with Crippen molar-refractivity contribution in [2.75, 3.05) is 44.7 Å². The van der Waals surface area contributed by atoms with Crippen LogP contribution in [0.25, 0.3) is 21.9 Å².